The first-order valence-electron chi connectivity index (χ1n) is 7.04. The first-order valence-corrected chi connectivity index (χ1v) is 7.42. The molecule has 0 aliphatic heterocycles. The normalized spacial score (nSPS) is 14.4. The van der Waals surface area contributed by atoms with Crippen molar-refractivity contribution in [3.8, 4) is 0 Å². The fraction of sp³-hybridized carbons (Fsp3) is 0.438. The van der Waals surface area contributed by atoms with Crippen LogP contribution < -0.4 is 5.32 Å². The lowest BCUT2D eigenvalue weighted by atomic mass is 9.92. The molecular formula is C16H21ClN2O2. The number of aromatic amines is 1. The van der Waals surface area contributed by atoms with Crippen molar-refractivity contribution in [2.45, 2.75) is 32.8 Å². The topological polar surface area (TPSA) is 65.1 Å². The van der Waals surface area contributed by atoms with Crippen LogP contribution in [0.25, 0.3) is 10.9 Å². The fourth-order valence-corrected chi connectivity index (χ4v) is 2.19. The first-order chi connectivity index (χ1) is 9.79. The Morgan fingerprint density at radius 3 is 2.86 bits per heavy atom. The maximum atomic E-state index is 12.0. The summed E-state index contributed by atoms with van der Waals surface area (Å²) in [4.78, 5) is 15.2. The molecule has 1 aromatic carbocycles. The van der Waals surface area contributed by atoms with Gasteiger partial charge in [0.2, 0.25) is 5.91 Å². The van der Waals surface area contributed by atoms with Crippen molar-refractivity contribution in [1.82, 2.24) is 10.3 Å². The van der Waals surface area contributed by atoms with E-state index in [1.807, 2.05) is 38.2 Å². The number of fused-ring (bicyclic) bond motifs is 1. The molecule has 0 fully saturated rings. The molecule has 0 bridgehead atoms. The summed E-state index contributed by atoms with van der Waals surface area (Å²) in [6, 6.07) is 5.55. The molecule has 1 heterocycles. The van der Waals surface area contributed by atoms with Gasteiger partial charge in [0.15, 0.2) is 0 Å². The van der Waals surface area contributed by atoms with Crippen LogP contribution in [-0.4, -0.2) is 28.1 Å². The van der Waals surface area contributed by atoms with E-state index in [0.29, 0.717) is 5.02 Å². The van der Waals surface area contributed by atoms with Gasteiger partial charge in [0.1, 0.15) is 0 Å². The lowest BCUT2D eigenvalue weighted by Gasteiger charge is -2.27. The maximum Gasteiger partial charge on any atom is 0.224 e. The van der Waals surface area contributed by atoms with Gasteiger partial charge in [-0.25, -0.2) is 0 Å². The molecule has 1 unspecified atom stereocenters. The molecule has 2 rings (SSSR count). The molecular weight excluding hydrogens is 288 g/mol. The highest BCUT2D eigenvalue weighted by Crippen LogP contribution is 2.22. The highest BCUT2D eigenvalue weighted by Gasteiger charge is 2.25. The lowest BCUT2D eigenvalue weighted by molar-refractivity contribution is -0.122. The Bertz CT molecular complexity index is 647. The van der Waals surface area contributed by atoms with E-state index in [0.717, 1.165) is 16.5 Å². The molecule has 0 saturated heterocycles. The van der Waals surface area contributed by atoms with E-state index in [9.17, 15) is 9.90 Å². The predicted molar refractivity (Wildman–Crippen MR) is 85.5 cm³/mol. The Morgan fingerprint density at radius 1 is 1.48 bits per heavy atom. The smallest absolute Gasteiger partial charge is 0.224 e. The fourth-order valence-electron chi connectivity index (χ4n) is 2.01. The molecule has 3 N–H and O–H groups in total. The Kier molecular flexibility index (Phi) is 4.59. The molecule has 0 aliphatic rings. The summed E-state index contributed by atoms with van der Waals surface area (Å²) in [5.74, 6) is -0.0403. The van der Waals surface area contributed by atoms with Crippen LogP contribution in [0.4, 0.5) is 0 Å². The highest BCUT2D eigenvalue weighted by molar-refractivity contribution is 6.31. The molecule has 5 heteroatoms. The predicted octanol–water partition coefficient (Wildman–Crippen LogP) is 2.89. The van der Waals surface area contributed by atoms with Crippen LogP contribution in [0.15, 0.2) is 24.4 Å². The number of H-pyrrole nitrogens is 1. The molecule has 0 saturated carbocycles. The maximum absolute atomic E-state index is 12.0. The van der Waals surface area contributed by atoms with Gasteiger partial charge >= 0.3 is 0 Å². The van der Waals surface area contributed by atoms with Crippen LogP contribution in [0.3, 0.4) is 0 Å². The standard InChI is InChI=1S/C16H21ClN2O2/c1-10(2)16(3,21)9-19-15(20)6-11-8-18-14-5-4-12(17)7-13(11)14/h4-5,7-8,10,18,21H,6,9H2,1-3H3,(H,19,20). The molecule has 21 heavy (non-hydrogen) atoms. The molecule has 1 atom stereocenters. The van der Waals surface area contributed by atoms with Gasteiger partial charge in [-0.2, -0.15) is 0 Å². The van der Waals surface area contributed by atoms with Crippen molar-refractivity contribution < 1.29 is 9.90 Å². The summed E-state index contributed by atoms with van der Waals surface area (Å²) < 4.78 is 0. The van der Waals surface area contributed by atoms with Crippen molar-refractivity contribution in [3.05, 3.63) is 35.0 Å². The molecule has 114 valence electrons. The molecule has 2 aromatic rings. The first kappa shape index (κ1) is 15.9. The molecule has 1 amide bonds. The van der Waals surface area contributed by atoms with Crippen LogP contribution in [0.1, 0.15) is 26.3 Å². The third-order valence-electron chi connectivity index (χ3n) is 3.97. The quantitative estimate of drug-likeness (QED) is 0.795. The zero-order chi connectivity index (χ0) is 15.6. The second-order valence-corrected chi connectivity index (χ2v) is 6.41. The SMILES string of the molecule is CC(C)C(C)(O)CNC(=O)Cc1c[nH]c2ccc(Cl)cc12. The second kappa shape index (κ2) is 6.08. The van der Waals surface area contributed by atoms with E-state index in [4.69, 9.17) is 11.6 Å². The summed E-state index contributed by atoms with van der Waals surface area (Å²) >= 11 is 5.99. The van der Waals surface area contributed by atoms with Crippen LogP contribution in [0.2, 0.25) is 5.02 Å². The average molecular weight is 309 g/mol. The minimum absolute atomic E-state index is 0.0738. The van der Waals surface area contributed by atoms with Crippen molar-refractivity contribution in [3.63, 3.8) is 0 Å². The number of hydrogen-bond donors (Lipinski definition) is 3. The van der Waals surface area contributed by atoms with Gasteiger partial charge < -0.3 is 15.4 Å². The summed E-state index contributed by atoms with van der Waals surface area (Å²) in [5.41, 5.74) is 0.949. The van der Waals surface area contributed by atoms with Gasteiger partial charge in [0, 0.05) is 28.7 Å². The van der Waals surface area contributed by atoms with E-state index < -0.39 is 5.60 Å². The van der Waals surface area contributed by atoms with E-state index in [1.54, 1.807) is 6.92 Å². The summed E-state index contributed by atoms with van der Waals surface area (Å²) in [6.07, 6.45) is 2.08. The number of aromatic nitrogens is 1. The average Bonchev–Trinajstić information content (AvgIpc) is 2.79. The van der Waals surface area contributed by atoms with Crippen molar-refractivity contribution in [2.24, 2.45) is 5.92 Å². The molecule has 1 aromatic heterocycles. The highest BCUT2D eigenvalue weighted by atomic mass is 35.5. The van der Waals surface area contributed by atoms with Crippen molar-refractivity contribution in [1.29, 1.82) is 0 Å². The zero-order valence-corrected chi connectivity index (χ0v) is 13.3. The van der Waals surface area contributed by atoms with E-state index in [-0.39, 0.29) is 24.8 Å². The summed E-state index contributed by atoms with van der Waals surface area (Å²) in [6.45, 7) is 5.82. The van der Waals surface area contributed by atoms with Gasteiger partial charge in [-0.05, 0) is 36.6 Å². The number of carbonyl (C=O) groups is 1. The van der Waals surface area contributed by atoms with E-state index in [2.05, 4.69) is 10.3 Å². The minimum atomic E-state index is -0.904. The largest absolute Gasteiger partial charge is 0.388 e. The molecule has 0 aliphatic carbocycles. The number of halogens is 1. The van der Waals surface area contributed by atoms with Crippen LogP contribution in [0, 0.1) is 5.92 Å². The monoisotopic (exact) mass is 308 g/mol. The number of rotatable bonds is 5. The third kappa shape index (κ3) is 3.77. The van der Waals surface area contributed by atoms with Crippen LogP contribution in [-0.2, 0) is 11.2 Å². The number of amides is 1. The van der Waals surface area contributed by atoms with Gasteiger partial charge in [0.25, 0.3) is 0 Å². The van der Waals surface area contributed by atoms with Crippen molar-refractivity contribution >= 4 is 28.4 Å². The number of carbonyl (C=O) groups excluding carboxylic acids is 1. The molecule has 0 radical (unpaired) electrons. The summed E-state index contributed by atoms with van der Waals surface area (Å²) in [7, 11) is 0. The van der Waals surface area contributed by atoms with Gasteiger partial charge in [-0.3, -0.25) is 4.79 Å². The lowest BCUT2D eigenvalue weighted by Crippen LogP contribution is -2.44. The Labute approximate surface area is 129 Å². The number of benzene rings is 1. The molecule has 0 spiro atoms. The Balaban J connectivity index is 2.03. The Hall–Kier alpha value is -1.52. The van der Waals surface area contributed by atoms with Gasteiger partial charge in [-0.15, -0.1) is 0 Å². The van der Waals surface area contributed by atoms with Crippen LogP contribution >= 0.6 is 11.6 Å². The van der Waals surface area contributed by atoms with E-state index in [1.165, 1.54) is 0 Å². The Morgan fingerprint density at radius 2 is 2.19 bits per heavy atom. The summed E-state index contributed by atoms with van der Waals surface area (Å²) in [5, 5.41) is 14.5. The number of nitrogens with one attached hydrogen (secondary N) is 2. The third-order valence-corrected chi connectivity index (χ3v) is 4.20. The van der Waals surface area contributed by atoms with Gasteiger partial charge in [-0.1, -0.05) is 25.4 Å². The number of hydrogen-bond acceptors (Lipinski definition) is 2. The van der Waals surface area contributed by atoms with E-state index >= 15 is 0 Å². The second-order valence-electron chi connectivity index (χ2n) is 5.97. The van der Waals surface area contributed by atoms with Crippen LogP contribution in [0.5, 0.6) is 0 Å². The van der Waals surface area contributed by atoms with Crippen molar-refractivity contribution in [2.75, 3.05) is 6.54 Å². The van der Waals surface area contributed by atoms with Gasteiger partial charge in [0.05, 0.1) is 12.0 Å². The molecule has 4 nitrogen and oxygen atoms in total. The number of aliphatic hydroxyl groups is 1. The minimum Gasteiger partial charge on any atom is -0.388 e. The zero-order valence-electron chi connectivity index (χ0n) is 12.5.